The molecule has 39 heavy (non-hydrogen) atoms. The van der Waals surface area contributed by atoms with Crippen molar-refractivity contribution < 1.29 is 37.3 Å². The van der Waals surface area contributed by atoms with E-state index in [1.165, 1.54) is 4.31 Å². The molecule has 0 amide bonds. The van der Waals surface area contributed by atoms with Crippen molar-refractivity contribution in [2.75, 3.05) is 32.8 Å². The number of hydrogen-bond donors (Lipinski definition) is 2. The molecule has 0 spiro atoms. The van der Waals surface area contributed by atoms with Gasteiger partial charge in [-0.1, -0.05) is 25.5 Å². The van der Waals surface area contributed by atoms with Crippen LogP contribution < -0.4 is 4.72 Å². The van der Waals surface area contributed by atoms with Gasteiger partial charge in [-0.3, -0.25) is 9.59 Å². The van der Waals surface area contributed by atoms with Gasteiger partial charge in [0.15, 0.2) is 23.0 Å². The first-order valence-electron chi connectivity index (χ1n) is 14.1. The van der Waals surface area contributed by atoms with Crippen LogP contribution in [0.3, 0.4) is 0 Å². The minimum absolute atomic E-state index is 0.0143. The summed E-state index contributed by atoms with van der Waals surface area (Å²) in [6.07, 6.45) is 6.47. The third kappa shape index (κ3) is 3.99. The van der Waals surface area contributed by atoms with E-state index in [1.54, 1.807) is 26.0 Å². The number of nitrogens with one attached hydrogen (secondary N) is 1. The van der Waals surface area contributed by atoms with Crippen LogP contribution in [0.25, 0.3) is 0 Å². The molecule has 6 aliphatic rings. The zero-order valence-electron chi connectivity index (χ0n) is 23.1. The molecule has 0 aromatic heterocycles. The average molecular weight is 565 g/mol. The maximum atomic E-state index is 14.2. The van der Waals surface area contributed by atoms with Crippen LogP contribution in [0.4, 0.5) is 0 Å². The van der Waals surface area contributed by atoms with Gasteiger partial charge in [-0.2, -0.15) is 17.4 Å². The molecule has 5 unspecified atom stereocenters. The summed E-state index contributed by atoms with van der Waals surface area (Å²) in [5.74, 6) is -1.39. The van der Waals surface area contributed by atoms with Gasteiger partial charge in [0.1, 0.15) is 0 Å². The van der Waals surface area contributed by atoms with Crippen LogP contribution in [0.1, 0.15) is 53.4 Å². The highest BCUT2D eigenvalue weighted by molar-refractivity contribution is 7.87. The Morgan fingerprint density at radius 2 is 1.92 bits per heavy atom. The molecule has 2 aliphatic heterocycles. The largest absolute Gasteiger partial charge is 0.393 e. The first-order chi connectivity index (χ1) is 18.2. The maximum absolute atomic E-state index is 14.2. The van der Waals surface area contributed by atoms with Crippen molar-refractivity contribution >= 4 is 21.8 Å². The van der Waals surface area contributed by atoms with Crippen molar-refractivity contribution in [3.63, 3.8) is 0 Å². The van der Waals surface area contributed by atoms with Gasteiger partial charge in [0.05, 0.1) is 32.0 Å². The van der Waals surface area contributed by atoms with Crippen molar-refractivity contribution in [3.05, 3.63) is 23.8 Å². The number of Topliss-reactive ketones (excluding diaryl/α,β-unsaturated/α-hetero) is 1. The number of aliphatic hydroxyl groups is 1. The van der Waals surface area contributed by atoms with Crippen LogP contribution >= 0.6 is 0 Å². The molecule has 2 saturated heterocycles. The van der Waals surface area contributed by atoms with E-state index in [2.05, 4.69) is 11.6 Å². The first kappa shape index (κ1) is 27.7. The van der Waals surface area contributed by atoms with E-state index < -0.39 is 51.2 Å². The summed E-state index contributed by atoms with van der Waals surface area (Å²) in [5, 5.41) is 11.8. The van der Waals surface area contributed by atoms with Crippen LogP contribution in [-0.2, 0) is 34.0 Å². The summed E-state index contributed by atoms with van der Waals surface area (Å²) in [7, 11) is -3.88. The maximum Gasteiger partial charge on any atom is 0.280 e. The van der Waals surface area contributed by atoms with Crippen molar-refractivity contribution in [2.45, 2.75) is 77.0 Å². The van der Waals surface area contributed by atoms with Gasteiger partial charge in [-0.05, 0) is 63.5 Å². The molecule has 0 aromatic rings. The molecular formula is C28H40N2O8S. The fourth-order valence-corrected chi connectivity index (χ4v) is 10.2. The van der Waals surface area contributed by atoms with Crippen molar-refractivity contribution in [2.24, 2.45) is 28.6 Å². The Morgan fingerprint density at radius 3 is 2.64 bits per heavy atom. The number of aliphatic hydroxyl groups excluding tert-OH is 1. The first-order valence-corrected chi connectivity index (χ1v) is 15.5. The van der Waals surface area contributed by atoms with Gasteiger partial charge in [-0.15, -0.1) is 0 Å². The summed E-state index contributed by atoms with van der Waals surface area (Å²) in [5.41, 5.74) is -1.52. The SMILES string of the molecule is CC1(C)O[C@H]2CC3C4CCC5=CC(=O)C=CC5(C)C4[C@@H](O)CC3(C)[C@]2(C(=O)CNS(=O)(=O)N2CCOCC2)O1. The number of allylic oxidation sites excluding steroid dienone is 4. The fraction of sp³-hybridized carbons (Fsp3) is 0.786. The molecule has 11 heteroatoms. The molecule has 2 heterocycles. The van der Waals surface area contributed by atoms with Gasteiger partial charge in [0, 0.05) is 29.8 Å². The Balaban J connectivity index is 1.32. The van der Waals surface area contributed by atoms with E-state index in [9.17, 15) is 23.1 Å². The number of ether oxygens (including phenoxy) is 3. The molecule has 0 bridgehead atoms. The summed E-state index contributed by atoms with van der Waals surface area (Å²) < 4.78 is 47.9. The van der Waals surface area contributed by atoms with Crippen molar-refractivity contribution in [1.29, 1.82) is 0 Å². The highest BCUT2D eigenvalue weighted by Gasteiger charge is 2.76. The molecule has 10 nitrogen and oxygen atoms in total. The number of morpholine rings is 1. The third-order valence-electron chi connectivity index (χ3n) is 10.6. The van der Waals surface area contributed by atoms with Crippen LogP contribution in [0, 0.1) is 28.6 Å². The molecule has 0 aromatic carbocycles. The Hall–Kier alpha value is -1.47. The fourth-order valence-electron chi connectivity index (χ4n) is 9.09. The van der Waals surface area contributed by atoms with Crippen LogP contribution in [0.2, 0.25) is 0 Å². The van der Waals surface area contributed by atoms with E-state index in [1.807, 2.05) is 13.0 Å². The second-order valence-electron chi connectivity index (χ2n) is 13.1. The van der Waals surface area contributed by atoms with E-state index in [4.69, 9.17) is 14.2 Å². The van der Waals surface area contributed by atoms with Gasteiger partial charge >= 0.3 is 0 Å². The van der Waals surface area contributed by atoms with E-state index >= 15 is 0 Å². The quantitative estimate of drug-likeness (QED) is 0.514. The smallest absolute Gasteiger partial charge is 0.280 e. The van der Waals surface area contributed by atoms with Crippen LogP contribution in [-0.4, -0.2) is 85.8 Å². The number of nitrogens with zero attached hydrogens (tertiary/aromatic N) is 1. The lowest BCUT2D eigenvalue weighted by molar-refractivity contribution is -0.224. The number of rotatable bonds is 5. The van der Waals surface area contributed by atoms with E-state index in [0.717, 1.165) is 18.4 Å². The average Bonchev–Trinajstić information content (AvgIpc) is 3.29. The lowest BCUT2D eigenvalue weighted by Crippen LogP contribution is -2.64. The molecule has 216 valence electrons. The van der Waals surface area contributed by atoms with Gasteiger partial charge in [-0.25, -0.2) is 0 Å². The predicted octanol–water partition coefficient (Wildman–Crippen LogP) is 1.50. The summed E-state index contributed by atoms with van der Waals surface area (Å²) in [6, 6.07) is 0. The second-order valence-corrected chi connectivity index (χ2v) is 14.8. The summed E-state index contributed by atoms with van der Waals surface area (Å²) in [4.78, 5) is 26.3. The molecule has 6 rings (SSSR count). The minimum atomic E-state index is -3.88. The lowest BCUT2D eigenvalue weighted by atomic mass is 9.46. The van der Waals surface area contributed by atoms with Crippen molar-refractivity contribution in [1.82, 2.24) is 9.03 Å². The lowest BCUT2D eigenvalue weighted by Gasteiger charge is -2.60. The van der Waals surface area contributed by atoms with Gasteiger partial charge < -0.3 is 19.3 Å². The molecule has 2 N–H and O–H groups in total. The van der Waals surface area contributed by atoms with Gasteiger partial charge in [0.2, 0.25) is 0 Å². The van der Waals surface area contributed by atoms with E-state index in [0.29, 0.717) is 26.1 Å². The van der Waals surface area contributed by atoms with E-state index in [-0.39, 0.29) is 42.4 Å². The van der Waals surface area contributed by atoms with Gasteiger partial charge in [0.25, 0.3) is 10.2 Å². The Morgan fingerprint density at radius 1 is 1.21 bits per heavy atom. The topological polar surface area (TPSA) is 131 Å². The zero-order valence-corrected chi connectivity index (χ0v) is 24.0. The molecule has 0 radical (unpaired) electrons. The Labute approximate surface area is 230 Å². The third-order valence-corrected chi connectivity index (χ3v) is 12.2. The second kappa shape index (κ2) is 9.01. The number of hydrogen-bond acceptors (Lipinski definition) is 8. The van der Waals surface area contributed by atoms with Crippen LogP contribution in [0.15, 0.2) is 23.8 Å². The predicted molar refractivity (Wildman–Crippen MR) is 140 cm³/mol. The molecule has 4 aliphatic carbocycles. The molecular weight excluding hydrogens is 524 g/mol. The zero-order chi connectivity index (χ0) is 28.0. The summed E-state index contributed by atoms with van der Waals surface area (Å²) >= 11 is 0. The normalized spacial score (nSPS) is 45.2. The highest BCUT2D eigenvalue weighted by atomic mass is 32.2. The molecule has 8 atom stereocenters. The monoisotopic (exact) mass is 564 g/mol. The molecule has 3 saturated carbocycles. The number of carbonyl (C=O) groups is 2. The Bertz CT molecular complexity index is 1240. The minimum Gasteiger partial charge on any atom is -0.393 e. The number of ketones is 2. The standard InChI is InChI=1S/C28H40N2O8S/c1-25(2)37-23-14-20-19-6-5-17-13-18(31)7-8-26(17,3)24(19)21(32)15-27(20,4)28(23,38-25)22(33)16-29-39(34,35)30-9-11-36-12-10-30/h7-8,13,19-21,23-24,29,32H,5-6,9-12,14-16H2,1-4H3/t19?,20?,21-,23-,24?,26?,27?,28+/m0/s1. The van der Waals surface area contributed by atoms with Crippen LogP contribution in [0.5, 0.6) is 0 Å². The highest BCUT2D eigenvalue weighted by Crippen LogP contribution is 2.70. The number of fused-ring (bicyclic) bond motifs is 7. The summed E-state index contributed by atoms with van der Waals surface area (Å²) in [6.45, 7) is 8.35. The van der Waals surface area contributed by atoms with Crippen molar-refractivity contribution in [3.8, 4) is 0 Å². The Kier molecular flexibility index (Phi) is 6.40. The molecule has 5 fully saturated rings. The number of carbonyl (C=O) groups excluding carboxylic acids is 2.